The third kappa shape index (κ3) is 3.66. The molecule has 3 aromatic carbocycles. The van der Waals surface area contributed by atoms with E-state index in [1.54, 1.807) is 12.1 Å². The van der Waals surface area contributed by atoms with Crippen LogP contribution >= 0.6 is 0 Å². The molecule has 0 saturated carbocycles. The molecule has 0 spiro atoms. The molecule has 5 nitrogen and oxygen atoms in total. The van der Waals surface area contributed by atoms with Gasteiger partial charge in [0.05, 0.1) is 5.56 Å². The third-order valence-electron chi connectivity index (χ3n) is 5.70. The van der Waals surface area contributed by atoms with Crippen molar-refractivity contribution < 1.29 is 19.4 Å². The van der Waals surface area contributed by atoms with Crippen LogP contribution in [0, 0.1) is 13.8 Å². The third-order valence-corrected chi connectivity index (χ3v) is 5.70. The molecule has 0 atom stereocenters. The first kappa shape index (κ1) is 19.7. The van der Waals surface area contributed by atoms with Gasteiger partial charge in [0.15, 0.2) is 0 Å². The molecule has 0 fully saturated rings. The van der Waals surface area contributed by atoms with Crippen molar-refractivity contribution >= 4 is 12.1 Å². The maximum absolute atomic E-state index is 12.4. The summed E-state index contributed by atoms with van der Waals surface area (Å²) in [6.45, 7) is 4.23. The Kier molecular flexibility index (Phi) is 5.27. The number of hydrogen-bond donors (Lipinski definition) is 2. The summed E-state index contributed by atoms with van der Waals surface area (Å²) < 4.78 is 5.56. The molecule has 152 valence electrons. The van der Waals surface area contributed by atoms with Gasteiger partial charge in [-0.3, -0.25) is 0 Å². The maximum atomic E-state index is 12.4. The van der Waals surface area contributed by atoms with Gasteiger partial charge in [-0.15, -0.1) is 0 Å². The molecule has 1 aliphatic carbocycles. The van der Waals surface area contributed by atoms with Crippen LogP contribution in [0.4, 0.5) is 4.79 Å². The number of carboxylic acids is 1. The van der Waals surface area contributed by atoms with Crippen molar-refractivity contribution in [1.82, 2.24) is 5.32 Å². The fraction of sp³-hybridized carbons (Fsp3) is 0.200. The fourth-order valence-electron chi connectivity index (χ4n) is 4.21. The number of ether oxygens (including phenoxy) is 1. The van der Waals surface area contributed by atoms with Gasteiger partial charge >= 0.3 is 12.1 Å². The fourth-order valence-corrected chi connectivity index (χ4v) is 4.21. The topological polar surface area (TPSA) is 75.6 Å². The highest BCUT2D eigenvalue weighted by atomic mass is 16.5. The lowest BCUT2D eigenvalue weighted by atomic mass is 9.98. The lowest BCUT2D eigenvalue weighted by molar-refractivity contribution is 0.0696. The normalized spacial score (nSPS) is 12.2. The number of rotatable bonds is 5. The van der Waals surface area contributed by atoms with Crippen LogP contribution in [0.1, 0.15) is 44.1 Å². The molecule has 0 unspecified atom stereocenters. The molecule has 4 rings (SSSR count). The second-order valence-electron chi connectivity index (χ2n) is 7.57. The van der Waals surface area contributed by atoms with Crippen molar-refractivity contribution in [3.05, 3.63) is 94.0 Å². The Morgan fingerprint density at radius 3 is 2.00 bits per heavy atom. The van der Waals surface area contributed by atoms with E-state index < -0.39 is 12.1 Å². The average molecular weight is 401 g/mol. The van der Waals surface area contributed by atoms with E-state index in [1.807, 2.05) is 38.1 Å². The number of carbonyl (C=O) groups excluding carboxylic acids is 1. The van der Waals surface area contributed by atoms with Gasteiger partial charge in [0.1, 0.15) is 6.61 Å². The largest absolute Gasteiger partial charge is 0.478 e. The summed E-state index contributed by atoms with van der Waals surface area (Å²) >= 11 is 0. The van der Waals surface area contributed by atoms with Gasteiger partial charge in [0, 0.05) is 12.5 Å². The number of aryl methyl sites for hydroxylation is 2. The zero-order chi connectivity index (χ0) is 21.3. The van der Waals surface area contributed by atoms with Crippen LogP contribution < -0.4 is 5.32 Å². The minimum Gasteiger partial charge on any atom is -0.478 e. The number of alkyl carbamates (subject to hydrolysis) is 1. The van der Waals surface area contributed by atoms with Crippen LogP contribution in [0.2, 0.25) is 0 Å². The number of fused-ring (bicyclic) bond motifs is 3. The maximum Gasteiger partial charge on any atom is 0.407 e. The molecule has 0 saturated heterocycles. The Morgan fingerprint density at radius 1 is 0.933 bits per heavy atom. The molecule has 1 aliphatic rings. The van der Waals surface area contributed by atoms with Crippen molar-refractivity contribution in [2.45, 2.75) is 26.3 Å². The lowest BCUT2D eigenvalue weighted by Crippen LogP contribution is -2.26. The summed E-state index contributed by atoms with van der Waals surface area (Å²) in [7, 11) is 0. The molecule has 0 aliphatic heterocycles. The zero-order valence-electron chi connectivity index (χ0n) is 16.9. The van der Waals surface area contributed by atoms with E-state index in [2.05, 4.69) is 29.6 Å². The standard InChI is InChI=1S/C25H23NO4/c1-15-11-17(24(27)28)12-16(2)22(15)13-26-25(29)30-14-23-20-9-5-3-7-18(20)19-8-4-6-10-21(19)23/h3-12,23H,13-14H2,1-2H3,(H,26,29)(H,27,28). The second kappa shape index (κ2) is 8.03. The monoisotopic (exact) mass is 401 g/mol. The summed E-state index contributed by atoms with van der Waals surface area (Å²) in [5, 5.41) is 12.0. The number of amides is 1. The van der Waals surface area contributed by atoms with Crippen LogP contribution in [0.15, 0.2) is 60.7 Å². The molecular formula is C25H23NO4. The Hall–Kier alpha value is -3.60. The highest BCUT2D eigenvalue weighted by molar-refractivity contribution is 5.88. The van der Waals surface area contributed by atoms with Crippen LogP contribution in [0.25, 0.3) is 11.1 Å². The van der Waals surface area contributed by atoms with Crippen molar-refractivity contribution in [1.29, 1.82) is 0 Å². The predicted octanol–water partition coefficient (Wildman–Crippen LogP) is 5.04. The number of aromatic carboxylic acids is 1. The van der Waals surface area contributed by atoms with Gasteiger partial charge in [0.2, 0.25) is 0 Å². The van der Waals surface area contributed by atoms with E-state index in [0.717, 1.165) is 16.7 Å². The Bertz CT molecular complexity index is 1070. The van der Waals surface area contributed by atoms with Crippen molar-refractivity contribution in [2.24, 2.45) is 0 Å². The number of hydrogen-bond acceptors (Lipinski definition) is 3. The lowest BCUT2D eigenvalue weighted by Gasteiger charge is -2.16. The van der Waals surface area contributed by atoms with E-state index in [4.69, 9.17) is 9.84 Å². The van der Waals surface area contributed by atoms with E-state index in [9.17, 15) is 9.59 Å². The SMILES string of the molecule is Cc1cc(C(=O)O)cc(C)c1CNC(=O)OCC1c2ccccc2-c2ccccc21. The summed E-state index contributed by atoms with van der Waals surface area (Å²) in [5.74, 6) is -0.946. The predicted molar refractivity (Wildman–Crippen MR) is 115 cm³/mol. The Labute approximate surface area is 175 Å². The molecule has 0 radical (unpaired) electrons. The smallest absolute Gasteiger partial charge is 0.407 e. The first-order chi connectivity index (χ1) is 14.5. The zero-order valence-corrected chi connectivity index (χ0v) is 16.9. The quantitative estimate of drug-likeness (QED) is 0.628. The molecule has 3 aromatic rings. The van der Waals surface area contributed by atoms with Gasteiger partial charge in [-0.05, 0) is 64.9 Å². The van der Waals surface area contributed by atoms with Crippen LogP contribution in [-0.2, 0) is 11.3 Å². The molecule has 30 heavy (non-hydrogen) atoms. The summed E-state index contributed by atoms with van der Waals surface area (Å²) in [6.07, 6.45) is -0.488. The van der Waals surface area contributed by atoms with Crippen LogP contribution in [0.5, 0.6) is 0 Å². The Balaban J connectivity index is 1.42. The summed E-state index contributed by atoms with van der Waals surface area (Å²) in [5.41, 5.74) is 7.50. The summed E-state index contributed by atoms with van der Waals surface area (Å²) in [4.78, 5) is 23.5. The highest BCUT2D eigenvalue weighted by Crippen LogP contribution is 2.44. The highest BCUT2D eigenvalue weighted by Gasteiger charge is 2.29. The first-order valence-electron chi connectivity index (χ1n) is 9.88. The summed E-state index contributed by atoms with van der Waals surface area (Å²) in [6, 6.07) is 19.6. The number of carboxylic acid groups (broad SMARTS) is 1. The second-order valence-corrected chi connectivity index (χ2v) is 7.57. The van der Waals surface area contributed by atoms with E-state index in [-0.39, 0.29) is 24.6 Å². The number of nitrogens with one attached hydrogen (secondary N) is 1. The van der Waals surface area contributed by atoms with Crippen molar-refractivity contribution in [3.63, 3.8) is 0 Å². The first-order valence-corrected chi connectivity index (χ1v) is 9.88. The van der Waals surface area contributed by atoms with Gasteiger partial charge in [-0.1, -0.05) is 48.5 Å². The Morgan fingerprint density at radius 2 is 1.47 bits per heavy atom. The number of benzene rings is 3. The molecule has 5 heteroatoms. The van der Waals surface area contributed by atoms with E-state index in [1.165, 1.54) is 22.3 Å². The molecular weight excluding hydrogens is 378 g/mol. The van der Waals surface area contributed by atoms with E-state index >= 15 is 0 Å². The average Bonchev–Trinajstić information content (AvgIpc) is 3.05. The molecule has 2 N–H and O–H groups in total. The molecule has 0 aromatic heterocycles. The van der Waals surface area contributed by atoms with Crippen molar-refractivity contribution in [2.75, 3.05) is 6.61 Å². The van der Waals surface area contributed by atoms with Crippen LogP contribution in [-0.4, -0.2) is 23.8 Å². The number of carbonyl (C=O) groups is 2. The molecule has 0 bridgehead atoms. The van der Waals surface area contributed by atoms with Crippen LogP contribution in [0.3, 0.4) is 0 Å². The van der Waals surface area contributed by atoms with Gasteiger partial charge < -0.3 is 15.2 Å². The van der Waals surface area contributed by atoms with Gasteiger partial charge in [-0.25, -0.2) is 9.59 Å². The van der Waals surface area contributed by atoms with E-state index in [0.29, 0.717) is 0 Å². The van der Waals surface area contributed by atoms with Gasteiger partial charge in [-0.2, -0.15) is 0 Å². The minimum absolute atomic E-state index is 0.0153. The molecule has 0 heterocycles. The van der Waals surface area contributed by atoms with Crippen molar-refractivity contribution in [3.8, 4) is 11.1 Å². The molecule has 1 amide bonds. The minimum atomic E-state index is -0.961. The van der Waals surface area contributed by atoms with Gasteiger partial charge in [0.25, 0.3) is 0 Å².